The van der Waals surface area contributed by atoms with Gasteiger partial charge in [-0.15, -0.1) is 0 Å². The first-order chi connectivity index (χ1) is 12.2. The average molecular weight is 413 g/mol. The van der Waals surface area contributed by atoms with E-state index >= 15 is 0 Å². The third kappa shape index (κ3) is 5.95. The number of likely N-dealkylation sites (tertiary alicyclic amines) is 1. The minimum atomic E-state index is -4.88. The Morgan fingerprint density at radius 2 is 1.88 bits per heavy atom. The largest absolute Gasteiger partial charge is 0.482 e. The van der Waals surface area contributed by atoms with Crippen molar-refractivity contribution in [1.82, 2.24) is 10.2 Å². The number of amides is 2. The fourth-order valence-corrected chi connectivity index (χ4v) is 3.01. The summed E-state index contributed by atoms with van der Waals surface area (Å²) >= 11 is 11.7. The Morgan fingerprint density at radius 1 is 1.23 bits per heavy atom. The lowest BCUT2D eigenvalue weighted by atomic mass is 9.97. The van der Waals surface area contributed by atoms with Crippen molar-refractivity contribution in [3.8, 4) is 5.75 Å². The van der Waals surface area contributed by atoms with Crippen LogP contribution in [0.2, 0.25) is 10.0 Å². The van der Waals surface area contributed by atoms with Gasteiger partial charge in [0.2, 0.25) is 0 Å². The Balaban J connectivity index is 1.73. The van der Waals surface area contributed by atoms with Crippen LogP contribution in [0, 0.1) is 5.92 Å². The Bertz CT molecular complexity index is 663. The topological polar surface area (TPSA) is 58.6 Å². The van der Waals surface area contributed by atoms with Gasteiger partial charge >= 0.3 is 12.1 Å². The summed E-state index contributed by atoms with van der Waals surface area (Å²) in [5.74, 6) is -1.94. The van der Waals surface area contributed by atoms with Crippen molar-refractivity contribution in [3.63, 3.8) is 0 Å². The van der Waals surface area contributed by atoms with Crippen LogP contribution in [0.25, 0.3) is 0 Å². The molecule has 10 heteroatoms. The molecule has 0 bridgehead atoms. The van der Waals surface area contributed by atoms with Crippen molar-refractivity contribution in [2.75, 3.05) is 26.2 Å². The fourth-order valence-electron chi connectivity index (χ4n) is 2.55. The Labute approximate surface area is 158 Å². The van der Waals surface area contributed by atoms with Gasteiger partial charge in [-0.2, -0.15) is 13.2 Å². The molecule has 0 aliphatic carbocycles. The summed E-state index contributed by atoms with van der Waals surface area (Å²) in [5.41, 5.74) is 0. The highest BCUT2D eigenvalue weighted by atomic mass is 35.5. The van der Waals surface area contributed by atoms with Gasteiger partial charge in [0.25, 0.3) is 5.91 Å². The third-order valence-corrected chi connectivity index (χ3v) is 4.55. The number of nitrogens with zero attached hydrogens (tertiary/aromatic N) is 1. The molecule has 26 heavy (non-hydrogen) atoms. The van der Waals surface area contributed by atoms with Crippen LogP contribution in [-0.4, -0.2) is 49.1 Å². The van der Waals surface area contributed by atoms with E-state index in [1.54, 1.807) is 17.0 Å². The van der Waals surface area contributed by atoms with E-state index < -0.39 is 12.1 Å². The zero-order valence-corrected chi connectivity index (χ0v) is 15.1. The number of carbonyl (C=O) groups is 2. The molecule has 0 atom stereocenters. The van der Waals surface area contributed by atoms with Gasteiger partial charge in [-0.05, 0) is 37.0 Å². The molecule has 0 aromatic heterocycles. The number of ether oxygens (including phenoxy) is 1. The van der Waals surface area contributed by atoms with E-state index in [2.05, 4.69) is 0 Å². The summed E-state index contributed by atoms with van der Waals surface area (Å²) in [6.07, 6.45) is -3.87. The van der Waals surface area contributed by atoms with Gasteiger partial charge in [0, 0.05) is 24.7 Å². The number of alkyl halides is 3. The number of piperidine rings is 1. The van der Waals surface area contributed by atoms with Crippen LogP contribution in [0.4, 0.5) is 13.2 Å². The van der Waals surface area contributed by atoms with Gasteiger partial charge in [0.15, 0.2) is 6.61 Å². The summed E-state index contributed by atoms with van der Waals surface area (Å²) in [4.78, 5) is 24.6. The maximum absolute atomic E-state index is 12.2. The number of nitrogens with one attached hydrogen (secondary N) is 1. The molecule has 1 N–H and O–H groups in total. The first-order valence-corrected chi connectivity index (χ1v) is 8.63. The van der Waals surface area contributed by atoms with Crippen LogP contribution in [0.1, 0.15) is 12.8 Å². The number of hydrogen-bond acceptors (Lipinski definition) is 3. The molecule has 1 fully saturated rings. The van der Waals surface area contributed by atoms with E-state index in [1.807, 2.05) is 5.32 Å². The molecular formula is C16H17Cl2F3N2O3. The lowest BCUT2D eigenvalue weighted by Gasteiger charge is -2.32. The highest BCUT2D eigenvalue weighted by Gasteiger charge is 2.38. The van der Waals surface area contributed by atoms with E-state index in [0.717, 1.165) is 0 Å². The summed E-state index contributed by atoms with van der Waals surface area (Å²) in [7, 11) is 0. The Morgan fingerprint density at radius 3 is 2.46 bits per heavy atom. The van der Waals surface area contributed by atoms with E-state index in [-0.39, 0.29) is 25.0 Å². The average Bonchev–Trinajstić information content (AvgIpc) is 2.58. The van der Waals surface area contributed by atoms with Crippen LogP contribution in [0.5, 0.6) is 5.75 Å². The summed E-state index contributed by atoms with van der Waals surface area (Å²) < 4.78 is 41.8. The predicted molar refractivity (Wildman–Crippen MR) is 90.3 cm³/mol. The summed E-state index contributed by atoms with van der Waals surface area (Å²) in [5, 5.41) is 2.62. The number of halogens is 5. The monoisotopic (exact) mass is 412 g/mol. The predicted octanol–water partition coefficient (Wildman–Crippen LogP) is 3.29. The summed E-state index contributed by atoms with van der Waals surface area (Å²) in [6, 6.07) is 4.66. The van der Waals surface area contributed by atoms with Crippen molar-refractivity contribution in [2.45, 2.75) is 19.0 Å². The Kier molecular flexibility index (Phi) is 7.00. The van der Waals surface area contributed by atoms with Crippen LogP contribution >= 0.6 is 23.2 Å². The molecule has 1 aromatic rings. The van der Waals surface area contributed by atoms with Crippen LogP contribution in [-0.2, 0) is 9.59 Å². The maximum Gasteiger partial charge on any atom is 0.471 e. The third-order valence-electron chi connectivity index (χ3n) is 4.02. The lowest BCUT2D eigenvalue weighted by molar-refractivity contribution is -0.173. The fraction of sp³-hybridized carbons (Fsp3) is 0.500. The van der Waals surface area contributed by atoms with Gasteiger partial charge < -0.3 is 15.0 Å². The molecule has 1 saturated heterocycles. The van der Waals surface area contributed by atoms with Crippen LogP contribution in [0.3, 0.4) is 0 Å². The molecule has 2 amide bonds. The zero-order valence-electron chi connectivity index (χ0n) is 13.6. The van der Waals surface area contributed by atoms with E-state index in [0.29, 0.717) is 41.7 Å². The summed E-state index contributed by atoms with van der Waals surface area (Å²) in [6.45, 7) is 0.528. The van der Waals surface area contributed by atoms with Crippen LogP contribution in [0.15, 0.2) is 18.2 Å². The molecule has 1 aromatic carbocycles. The SMILES string of the molecule is O=C(COc1ccc(Cl)cc1Cl)N1CCC(CNC(=O)C(F)(F)F)CC1. The highest BCUT2D eigenvalue weighted by molar-refractivity contribution is 6.35. The van der Waals surface area contributed by atoms with E-state index in [4.69, 9.17) is 27.9 Å². The zero-order chi connectivity index (χ0) is 19.3. The van der Waals surface area contributed by atoms with Gasteiger partial charge in [-0.3, -0.25) is 9.59 Å². The normalized spacial score (nSPS) is 15.7. The molecule has 1 heterocycles. The van der Waals surface area contributed by atoms with Crippen LogP contribution < -0.4 is 10.1 Å². The number of benzene rings is 1. The standard InChI is InChI=1S/C16H17Cl2F3N2O3/c17-11-1-2-13(12(18)7-11)26-9-14(24)23-5-3-10(4-6-23)8-22-15(25)16(19,20)21/h1-2,7,10H,3-6,8-9H2,(H,22,25). The molecule has 1 aliphatic heterocycles. The highest BCUT2D eigenvalue weighted by Crippen LogP contribution is 2.27. The van der Waals surface area contributed by atoms with Crippen molar-refractivity contribution in [2.24, 2.45) is 5.92 Å². The van der Waals surface area contributed by atoms with Crippen molar-refractivity contribution in [3.05, 3.63) is 28.2 Å². The second kappa shape index (κ2) is 8.81. The smallest absolute Gasteiger partial charge is 0.471 e. The number of rotatable bonds is 5. The molecule has 0 radical (unpaired) electrons. The van der Waals surface area contributed by atoms with Gasteiger partial charge in [-0.25, -0.2) is 0 Å². The van der Waals surface area contributed by atoms with E-state index in [9.17, 15) is 22.8 Å². The Hall–Kier alpha value is -1.67. The van der Waals surface area contributed by atoms with Crippen molar-refractivity contribution in [1.29, 1.82) is 0 Å². The molecule has 1 aliphatic rings. The first kappa shape index (κ1) is 20.6. The van der Waals surface area contributed by atoms with E-state index in [1.165, 1.54) is 6.07 Å². The quantitative estimate of drug-likeness (QED) is 0.806. The number of hydrogen-bond donors (Lipinski definition) is 1. The van der Waals surface area contributed by atoms with Gasteiger partial charge in [-0.1, -0.05) is 23.2 Å². The second-order valence-corrected chi connectivity index (χ2v) is 6.74. The molecule has 144 valence electrons. The first-order valence-electron chi connectivity index (χ1n) is 7.87. The number of carbonyl (C=O) groups excluding carboxylic acids is 2. The molecule has 2 rings (SSSR count). The van der Waals surface area contributed by atoms with Crippen molar-refractivity contribution >= 4 is 35.0 Å². The second-order valence-electron chi connectivity index (χ2n) is 5.90. The van der Waals surface area contributed by atoms with Gasteiger partial charge in [0.1, 0.15) is 5.75 Å². The van der Waals surface area contributed by atoms with Crippen molar-refractivity contribution < 1.29 is 27.5 Å². The molecule has 5 nitrogen and oxygen atoms in total. The molecule has 0 saturated carbocycles. The van der Waals surface area contributed by atoms with Gasteiger partial charge in [0.05, 0.1) is 5.02 Å². The molecule has 0 unspecified atom stereocenters. The molecule has 0 spiro atoms. The lowest BCUT2D eigenvalue weighted by Crippen LogP contribution is -2.45. The molecular weight excluding hydrogens is 396 g/mol. The minimum Gasteiger partial charge on any atom is -0.482 e. The minimum absolute atomic E-state index is 0.0583. The maximum atomic E-state index is 12.2.